The van der Waals surface area contributed by atoms with Gasteiger partial charge >= 0.3 is 0 Å². The zero-order valence-electron chi connectivity index (χ0n) is 13.3. The highest BCUT2D eigenvalue weighted by Crippen LogP contribution is 2.32. The Balaban J connectivity index is 1.59. The van der Waals surface area contributed by atoms with E-state index in [4.69, 9.17) is 0 Å². The van der Waals surface area contributed by atoms with Crippen LogP contribution in [0.1, 0.15) is 12.0 Å². The van der Waals surface area contributed by atoms with Crippen molar-refractivity contribution >= 4 is 40.6 Å². The number of carbonyl (C=O) groups excluding carboxylic acids is 3. The molecular weight excluding hydrogens is 336 g/mol. The molecule has 5 nitrogen and oxygen atoms in total. The van der Waals surface area contributed by atoms with Gasteiger partial charge in [-0.1, -0.05) is 48.5 Å². The monoisotopic (exact) mass is 352 g/mol. The van der Waals surface area contributed by atoms with E-state index in [0.29, 0.717) is 10.6 Å². The van der Waals surface area contributed by atoms with Crippen LogP contribution >= 0.6 is 11.8 Å². The number of benzene rings is 2. The topological polar surface area (TPSA) is 66.5 Å². The van der Waals surface area contributed by atoms with Crippen molar-refractivity contribution in [2.75, 3.05) is 11.9 Å². The Labute approximate surface area is 149 Å². The van der Waals surface area contributed by atoms with Crippen molar-refractivity contribution in [2.45, 2.75) is 6.42 Å². The fraction of sp³-hybridized carbons (Fsp3) is 0.105. The zero-order valence-corrected chi connectivity index (χ0v) is 14.2. The highest BCUT2D eigenvalue weighted by atomic mass is 32.2. The van der Waals surface area contributed by atoms with Crippen molar-refractivity contribution in [3.63, 3.8) is 0 Å². The van der Waals surface area contributed by atoms with E-state index < -0.39 is 0 Å². The number of hydrogen-bond acceptors (Lipinski definition) is 4. The Hall–Kier alpha value is -2.86. The molecule has 2 aromatic carbocycles. The summed E-state index contributed by atoms with van der Waals surface area (Å²) < 4.78 is 0. The van der Waals surface area contributed by atoms with E-state index in [1.54, 1.807) is 18.2 Å². The first-order valence-corrected chi connectivity index (χ1v) is 8.60. The standard InChI is InChI=1S/C19H16N2O3S/c22-17(20-15-9-5-2-6-10-15)11-12-21-18(23)16(25-19(21)24)13-14-7-3-1-4-8-14/h1-10,13H,11-12H2,(H,20,22)/b16-13-. The molecule has 0 saturated carbocycles. The molecule has 126 valence electrons. The van der Waals surface area contributed by atoms with Gasteiger partial charge in [0.25, 0.3) is 11.1 Å². The van der Waals surface area contributed by atoms with E-state index in [-0.39, 0.29) is 30.0 Å². The summed E-state index contributed by atoms with van der Waals surface area (Å²) in [5.74, 6) is -0.594. The van der Waals surface area contributed by atoms with Crippen molar-refractivity contribution in [3.05, 3.63) is 71.1 Å². The molecule has 1 saturated heterocycles. The number of anilines is 1. The predicted molar refractivity (Wildman–Crippen MR) is 98.8 cm³/mol. The number of imide groups is 1. The van der Waals surface area contributed by atoms with Gasteiger partial charge < -0.3 is 5.32 Å². The van der Waals surface area contributed by atoms with E-state index >= 15 is 0 Å². The molecule has 0 atom stereocenters. The van der Waals surface area contributed by atoms with Crippen LogP contribution in [0.25, 0.3) is 6.08 Å². The van der Waals surface area contributed by atoms with Gasteiger partial charge in [-0.05, 0) is 35.5 Å². The lowest BCUT2D eigenvalue weighted by Crippen LogP contribution is -2.31. The Bertz CT molecular complexity index is 819. The third-order valence-corrected chi connectivity index (χ3v) is 4.50. The van der Waals surface area contributed by atoms with Crippen molar-refractivity contribution in [1.29, 1.82) is 0 Å². The molecule has 6 heteroatoms. The fourth-order valence-electron chi connectivity index (χ4n) is 2.35. The molecule has 1 fully saturated rings. The number of rotatable bonds is 5. The number of para-hydroxylation sites is 1. The molecule has 3 amide bonds. The molecule has 2 aromatic rings. The highest BCUT2D eigenvalue weighted by Gasteiger charge is 2.34. The molecule has 0 spiro atoms. The van der Waals surface area contributed by atoms with Gasteiger partial charge in [-0.15, -0.1) is 0 Å². The molecule has 0 radical (unpaired) electrons. The first-order chi connectivity index (χ1) is 12.1. The van der Waals surface area contributed by atoms with Gasteiger partial charge in [0, 0.05) is 18.7 Å². The SMILES string of the molecule is O=C(CCN1C(=O)S/C(=C\c2ccccc2)C1=O)Nc1ccccc1. The van der Waals surface area contributed by atoms with E-state index in [1.165, 1.54) is 0 Å². The Morgan fingerprint density at radius 2 is 1.64 bits per heavy atom. The minimum Gasteiger partial charge on any atom is -0.326 e. The Kier molecular flexibility index (Phi) is 5.30. The molecule has 0 aliphatic carbocycles. The fourth-order valence-corrected chi connectivity index (χ4v) is 3.22. The number of hydrogen-bond donors (Lipinski definition) is 1. The summed E-state index contributed by atoms with van der Waals surface area (Å²) >= 11 is 0.899. The van der Waals surface area contributed by atoms with Crippen LogP contribution < -0.4 is 5.32 Å². The van der Waals surface area contributed by atoms with E-state index in [0.717, 1.165) is 22.2 Å². The molecule has 1 N–H and O–H groups in total. The maximum absolute atomic E-state index is 12.4. The van der Waals surface area contributed by atoms with Gasteiger partial charge in [0.1, 0.15) is 0 Å². The summed E-state index contributed by atoms with van der Waals surface area (Å²) in [6.07, 6.45) is 1.75. The molecule has 3 rings (SSSR count). The normalized spacial score (nSPS) is 15.7. The van der Waals surface area contributed by atoms with E-state index in [9.17, 15) is 14.4 Å². The van der Waals surface area contributed by atoms with Gasteiger partial charge in [-0.25, -0.2) is 0 Å². The average Bonchev–Trinajstić information content (AvgIpc) is 2.88. The molecule has 25 heavy (non-hydrogen) atoms. The molecular formula is C19H16N2O3S. The summed E-state index contributed by atoms with van der Waals surface area (Å²) in [5, 5.41) is 2.39. The quantitative estimate of drug-likeness (QED) is 0.832. The van der Waals surface area contributed by atoms with Crippen LogP contribution in [0.4, 0.5) is 10.5 Å². The Morgan fingerprint density at radius 3 is 2.32 bits per heavy atom. The summed E-state index contributed by atoms with van der Waals surface area (Å²) in [4.78, 5) is 37.9. The average molecular weight is 352 g/mol. The predicted octanol–water partition coefficient (Wildman–Crippen LogP) is 3.75. The van der Waals surface area contributed by atoms with Crippen molar-refractivity contribution in [1.82, 2.24) is 4.90 Å². The molecule has 1 aliphatic rings. The van der Waals surface area contributed by atoms with Gasteiger partial charge in [0.2, 0.25) is 5.91 Å². The van der Waals surface area contributed by atoms with E-state index in [1.807, 2.05) is 48.5 Å². The van der Waals surface area contributed by atoms with Gasteiger partial charge in [0.15, 0.2) is 0 Å². The van der Waals surface area contributed by atoms with Crippen LogP contribution in [0.15, 0.2) is 65.6 Å². The van der Waals surface area contributed by atoms with Crippen molar-refractivity contribution < 1.29 is 14.4 Å². The molecule has 0 unspecified atom stereocenters. The smallest absolute Gasteiger partial charge is 0.293 e. The second kappa shape index (κ2) is 7.81. The summed E-state index contributed by atoms with van der Waals surface area (Å²) in [5.41, 5.74) is 1.54. The first kappa shape index (κ1) is 17.0. The summed E-state index contributed by atoms with van der Waals surface area (Å²) in [6, 6.07) is 18.4. The molecule has 1 aliphatic heterocycles. The number of amides is 3. The lowest BCUT2D eigenvalue weighted by Gasteiger charge is -2.12. The minimum absolute atomic E-state index is 0.0611. The van der Waals surface area contributed by atoms with Crippen LogP contribution in [0.3, 0.4) is 0 Å². The van der Waals surface area contributed by atoms with E-state index in [2.05, 4.69) is 5.32 Å². The third-order valence-electron chi connectivity index (χ3n) is 3.59. The number of nitrogens with one attached hydrogen (secondary N) is 1. The second-order valence-electron chi connectivity index (χ2n) is 5.41. The third kappa shape index (κ3) is 4.36. The second-order valence-corrected chi connectivity index (χ2v) is 6.40. The summed E-state index contributed by atoms with van der Waals surface area (Å²) in [7, 11) is 0. The largest absolute Gasteiger partial charge is 0.326 e. The van der Waals surface area contributed by atoms with Crippen molar-refractivity contribution in [3.8, 4) is 0 Å². The lowest BCUT2D eigenvalue weighted by molar-refractivity contribution is -0.123. The highest BCUT2D eigenvalue weighted by molar-refractivity contribution is 8.18. The van der Waals surface area contributed by atoms with Crippen LogP contribution in [0.2, 0.25) is 0 Å². The van der Waals surface area contributed by atoms with Gasteiger partial charge in [0.05, 0.1) is 4.91 Å². The van der Waals surface area contributed by atoms with Crippen LogP contribution in [0.5, 0.6) is 0 Å². The number of thioether (sulfide) groups is 1. The lowest BCUT2D eigenvalue weighted by atomic mass is 10.2. The number of nitrogens with zero attached hydrogens (tertiary/aromatic N) is 1. The maximum Gasteiger partial charge on any atom is 0.293 e. The molecule has 0 bridgehead atoms. The van der Waals surface area contributed by atoms with Gasteiger partial charge in [-0.2, -0.15) is 0 Å². The molecule has 0 aromatic heterocycles. The van der Waals surface area contributed by atoms with Crippen LogP contribution in [0, 0.1) is 0 Å². The number of carbonyl (C=O) groups is 3. The Morgan fingerprint density at radius 1 is 1.00 bits per heavy atom. The maximum atomic E-state index is 12.4. The first-order valence-electron chi connectivity index (χ1n) is 7.79. The van der Waals surface area contributed by atoms with Crippen LogP contribution in [-0.2, 0) is 9.59 Å². The van der Waals surface area contributed by atoms with Crippen LogP contribution in [-0.4, -0.2) is 28.5 Å². The van der Waals surface area contributed by atoms with Gasteiger partial charge in [-0.3, -0.25) is 19.3 Å². The zero-order chi connectivity index (χ0) is 17.6. The summed E-state index contributed by atoms with van der Waals surface area (Å²) in [6.45, 7) is 0.0649. The molecule has 1 heterocycles. The minimum atomic E-state index is -0.355. The van der Waals surface area contributed by atoms with Crippen molar-refractivity contribution in [2.24, 2.45) is 0 Å².